The summed E-state index contributed by atoms with van der Waals surface area (Å²) in [4.78, 5) is 29.6. The van der Waals surface area contributed by atoms with E-state index in [1.54, 1.807) is 37.3 Å². The molecule has 3 rings (SSSR count). The summed E-state index contributed by atoms with van der Waals surface area (Å²) in [5.41, 5.74) is 0.858. The molecule has 9 heteroatoms. The molecule has 32 heavy (non-hydrogen) atoms. The van der Waals surface area contributed by atoms with Gasteiger partial charge in [0.25, 0.3) is 5.56 Å². The first-order valence-electron chi connectivity index (χ1n) is 10.1. The first kappa shape index (κ1) is 23.9. The van der Waals surface area contributed by atoms with Crippen molar-refractivity contribution in [3.63, 3.8) is 0 Å². The number of nitrogens with zero attached hydrogens (tertiary/aromatic N) is 3. The second kappa shape index (κ2) is 10.7. The summed E-state index contributed by atoms with van der Waals surface area (Å²) in [6.45, 7) is 3.65. The first-order chi connectivity index (χ1) is 15.3. The number of esters is 1. The Kier molecular flexibility index (Phi) is 8.04. The van der Waals surface area contributed by atoms with Gasteiger partial charge in [-0.15, -0.1) is 0 Å². The van der Waals surface area contributed by atoms with Crippen molar-refractivity contribution >= 4 is 50.6 Å². The molecule has 0 saturated carbocycles. The fourth-order valence-electron chi connectivity index (χ4n) is 3.06. The van der Waals surface area contributed by atoms with E-state index in [2.05, 4.69) is 32.9 Å². The van der Waals surface area contributed by atoms with Crippen LogP contribution in [0.2, 0.25) is 5.02 Å². The van der Waals surface area contributed by atoms with E-state index < -0.39 is 12.1 Å². The van der Waals surface area contributed by atoms with Crippen LogP contribution in [-0.2, 0) is 16.0 Å². The second-order valence-electron chi connectivity index (χ2n) is 7.12. The highest BCUT2D eigenvalue weighted by Crippen LogP contribution is 2.23. The van der Waals surface area contributed by atoms with Gasteiger partial charge in [-0.25, -0.2) is 9.78 Å². The van der Waals surface area contributed by atoms with Crippen LogP contribution >= 0.6 is 27.5 Å². The van der Waals surface area contributed by atoms with Crippen LogP contribution in [-0.4, -0.2) is 35.1 Å². The summed E-state index contributed by atoms with van der Waals surface area (Å²) >= 11 is 9.56. The number of benzene rings is 2. The maximum absolute atomic E-state index is 13.2. The lowest BCUT2D eigenvalue weighted by Crippen LogP contribution is -2.25. The molecule has 7 nitrogen and oxygen atoms in total. The predicted octanol–water partition coefficient (Wildman–Crippen LogP) is 4.98. The normalized spacial score (nSPS) is 12.3. The van der Waals surface area contributed by atoms with Gasteiger partial charge in [-0.3, -0.25) is 4.79 Å². The van der Waals surface area contributed by atoms with E-state index in [1.807, 2.05) is 6.07 Å². The van der Waals surface area contributed by atoms with Gasteiger partial charge in [-0.05, 0) is 49.7 Å². The molecule has 0 spiro atoms. The lowest BCUT2D eigenvalue weighted by molar-refractivity contribution is -0.147. The van der Waals surface area contributed by atoms with Crippen LogP contribution < -0.4 is 10.3 Å². The molecule has 1 heterocycles. The smallest absolute Gasteiger partial charge is 0.346 e. The molecule has 1 aromatic heterocycles. The van der Waals surface area contributed by atoms with E-state index in [4.69, 9.17) is 21.1 Å². The largest absolute Gasteiger partial charge is 0.478 e. The molecular weight excluding hydrogens is 498 g/mol. The Morgan fingerprint density at radius 1 is 1.31 bits per heavy atom. The molecule has 0 aliphatic carbocycles. The number of ether oxygens (including phenoxy) is 2. The molecule has 0 saturated heterocycles. The van der Waals surface area contributed by atoms with E-state index in [0.29, 0.717) is 39.5 Å². The number of carbonyl (C=O) groups excluding carboxylic acids is 1. The summed E-state index contributed by atoms with van der Waals surface area (Å²) in [6, 6.07) is 10.3. The fraction of sp³-hybridized carbons (Fsp3) is 0.304. The molecule has 0 aliphatic heterocycles. The van der Waals surface area contributed by atoms with Crippen LogP contribution in [0.1, 0.15) is 38.1 Å². The zero-order valence-corrected chi connectivity index (χ0v) is 20.3. The van der Waals surface area contributed by atoms with Crippen molar-refractivity contribution in [3.8, 4) is 5.75 Å². The van der Waals surface area contributed by atoms with Crippen molar-refractivity contribution in [2.45, 2.75) is 39.2 Å². The highest BCUT2D eigenvalue weighted by atomic mass is 79.9. The predicted molar refractivity (Wildman–Crippen MR) is 129 cm³/mol. The van der Waals surface area contributed by atoms with Gasteiger partial charge in [0.05, 0.1) is 24.2 Å². The zero-order chi connectivity index (χ0) is 23.3. The Hall–Kier alpha value is -2.71. The van der Waals surface area contributed by atoms with Crippen LogP contribution in [0.4, 0.5) is 0 Å². The summed E-state index contributed by atoms with van der Waals surface area (Å²) < 4.78 is 12.5. The van der Waals surface area contributed by atoms with Gasteiger partial charge in [0.1, 0.15) is 11.6 Å². The quantitative estimate of drug-likeness (QED) is 0.309. The zero-order valence-electron chi connectivity index (χ0n) is 18.0. The van der Waals surface area contributed by atoms with Crippen molar-refractivity contribution in [2.24, 2.45) is 5.10 Å². The van der Waals surface area contributed by atoms with Crippen molar-refractivity contribution in [3.05, 3.63) is 67.6 Å². The van der Waals surface area contributed by atoms with E-state index in [-0.39, 0.29) is 5.56 Å². The Bertz CT molecular complexity index is 1230. The Morgan fingerprint density at radius 3 is 2.81 bits per heavy atom. The van der Waals surface area contributed by atoms with Crippen LogP contribution in [0.25, 0.3) is 10.9 Å². The minimum absolute atomic E-state index is 0.272. The summed E-state index contributed by atoms with van der Waals surface area (Å²) in [5.74, 6) is 0.441. The SMILES string of the molecule is CCCCc1nc2ccc(Br)cc2c(=O)n1N=Cc1cc(Cl)ccc1O[C@@H](C)C(=O)OC. The average Bonchev–Trinajstić information content (AvgIpc) is 2.78. The maximum atomic E-state index is 13.2. The fourth-order valence-corrected chi connectivity index (χ4v) is 3.60. The third kappa shape index (κ3) is 5.55. The lowest BCUT2D eigenvalue weighted by atomic mass is 10.2. The molecule has 0 amide bonds. The number of hydrogen-bond acceptors (Lipinski definition) is 6. The summed E-state index contributed by atoms with van der Waals surface area (Å²) in [7, 11) is 1.29. The van der Waals surface area contributed by atoms with Crippen molar-refractivity contribution in [1.82, 2.24) is 9.66 Å². The van der Waals surface area contributed by atoms with Gasteiger partial charge in [0.15, 0.2) is 6.10 Å². The third-order valence-corrected chi connectivity index (χ3v) is 5.48. The first-order valence-corrected chi connectivity index (χ1v) is 11.3. The number of halogens is 2. The van der Waals surface area contributed by atoms with E-state index >= 15 is 0 Å². The van der Waals surface area contributed by atoms with Crippen molar-refractivity contribution in [1.29, 1.82) is 0 Å². The van der Waals surface area contributed by atoms with Crippen molar-refractivity contribution in [2.75, 3.05) is 7.11 Å². The summed E-state index contributed by atoms with van der Waals surface area (Å²) in [5, 5.41) is 5.35. The molecule has 3 aromatic rings. The van der Waals surface area contributed by atoms with Crippen molar-refractivity contribution < 1.29 is 14.3 Å². The molecule has 0 unspecified atom stereocenters. The van der Waals surface area contributed by atoms with Crippen LogP contribution in [0, 0.1) is 0 Å². The van der Waals surface area contributed by atoms with E-state index in [1.165, 1.54) is 18.0 Å². The third-order valence-electron chi connectivity index (χ3n) is 4.75. The highest BCUT2D eigenvalue weighted by Gasteiger charge is 2.17. The van der Waals surface area contributed by atoms with Gasteiger partial charge in [0, 0.05) is 21.5 Å². The van der Waals surface area contributed by atoms with Gasteiger partial charge in [-0.2, -0.15) is 9.78 Å². The number of aryl methyl sites for hydroxylation is 1. The van der Waals surface area contributed by atoms with Crippen LogP contribution in [0.5, 0.6) is 5.75 Å². The number of hydrogen-bond donors (Lipinski definition) is 0. The molecule has 168 valence electrons. The minimum Gasteiger partial charge on any atom is -0.478 e. The molecule has 0 N–H and O–H groups in total. The monoisotopic (exact) mass is 519 g/mol. The highest BCUT2D eigenvalue weighted by molar-refractivity contribution is 9.10. The molecule has 0 aliphatic rings. The minimum atomic E-state index is -0.823. The molecule has 0 bridgehead atoms. The number of carbonyl (C=O) groups is 1. The molecule has 0 radical (unpaired) electrons. The summed E-state index contributed by atoms with van der Waals surface area (Å²) in [6.07, 6.45) is 3.08. The average molecular weight is 521 g/mol. The Morgan fingerprint density at radius 2 is 2.09 bits per heavy atom. The van der Waals surface area contributed by atoms with Gasteiger partial charge in [-0.1, -0.05) is 40.9 Å². The van der Waals surface area contributed by atoms with Gasteiger partial charge in [0.2, 0.25) is 0 Å². The Labute approximate surface area is 199 Å². The number of fused-ring (bicyclic) bond motifs is 1. The van der Waals surface area contributed by atoms with E-state index in [0.717, 1.165) is 17.3 Å². The topological polar surface area (TPSA) is 82.8 Å². The molecule has 0 fully saturated rings. The van der Waals surface area contributed by atoms with Gasteiger partial charge < -0.3 is 9.47 Å². The number of methoxy groups -OCH3 is 1. The maximum Gasteiger partial charge on any atom is 0.346 e. The lowest BCUT2D eigenvalue weighted by Gasteiger charge is -2.14. The molecular formula is C23H23BrClN3O4. The van der Waals surface area contributed by atoms with Crippen LogP contribution in [0.3, 0.4) is 0 Å². The van der Waals surface area contributed by atoms with E-state index in [9.17, 15) is 9.59 Å². The second-order valence-corrected chi connectivity index (χ2v) is 8.47. The number of unbranched alkanes of at least 4 members (excludes halogenated alkanes) is 1. The molecule has 2 aromatic carbocycles. The number of aromatic nitrogens is 2. The Balaban J connectivity index is 2.07. The molecule has 1 atom stereocenters. The van der Waals surface area contributed by atoms with Gasteiger partial charge >= 0.3 is 5.97 Å². The van der Waals surface area contributed by atoms with Crippen LogP contribution in [0.15, 0.2) is 50.8 Å². The number of rotatable bonds is 8. The standard InChI is InChI=1S/C23H23BrClN3O4/c1-4-5-6-21-27-19-9-7-16(24)12-18(19)22(29)28(21)26-13-15-11-17(25)8-10-20(15)32-14(2)23(30)31-3/h7-14H,4-6H2,1-3H3/t14-/m0/s1.